The Kier molecular flexibility index (Phi) is 15.9. The Morgan fingerprint density at radius 3 is 1.16 bits per heavy atom. The predicted octanol–water partition coefficient (Wildman–Crippen LogP) is 8.48. The molecule has 0 radical (unpaired) electrons. The minimum atomic E-state index is 0. The fourth-order valence-corrected chi connectivity index (χ4v) is 2.99. The van der Waals surface area contributed by atoms with Gasteiger partial charge in [0, 0.05) is 8.95 Å². The van der Waals surface area contributed by atoms with Gasteiger partial charge in [-0.3, -0.25) is 12.2 Å². The van der Waals surface area contributed by atoms with Crippen LogP contribution in [0.4, 0.5) is 0 Å². The molecule has 0 aliphatic heterocycles. The summed E-state index contributed by atoms with van der Waals surface area (Å²) in [6.45, 7) is 8.48. The van der Waals surface area contributed by atoms with Gasteiger partial charge in [0.1, 0.15) is 11.5 Å². The van der Waals surface area contributed by atoms with Gasteiger partial charge < -0.3 is 10.2 Å². The molecule has 0 heterocycles. The van der Waals surface area contributed by atoms with Crippen LogP contribution in [0.5, 0.6) is 11.5 Å². The van der Waals surface area contributed by atoms with Gasteiger partial charge in [-0.1, -0.05) is 70.7 Å². The fourth-order valence-electron chi connectivity index (χ4n) is 2.22. The van der Waals surface area contributed by atoms with Gasteiger partial charge in [-0.2, -0.15) is 12.2 Å². The molecule has 0 saturated heterocycles. The Morgan fingerprint density at radius 2 is 1.03 bits per heavy atom. The molecule has 2 aliphatic rings. The number of hydrogen-bond donors (Lipinski definition) is 2. The van der Waals surface area contributed by atoms with E-state index in [0.717, 1.165) is 21.8 Å². The third-order valence-corrected chi connectivity index (χ3v) is 5.34. The van der Waals surface area contributed by atoms with Crippen molar-refractivity contribution in [2.45, 2.75) is 40.5 Å². The molecule has 162 valence electrons. The molecule has 2 nitrogen and oxygen atoms in total. The molecule has 0 bridgehead atoms. The summed E-state index contributed by atoms with van der Waals surface area (Å²) in [6.07, 6.45) is 12.6. The Bertz CT molecular complexity index is 832. The summed E-state index contributed by atoms with van der Waals surface area (Å²) in [5.41, 5.74) is 5.56. The number of hydrogen-bond acceptors (Lipinski definition) is 2. The maximum Gasteiger partial charge on any atom is 2.00 e. The normalized spacial score (nSPS) is 13.4. The van der Waals surface area contributed by atoms with Gasteiger partial charge in [0.25, 0.3) is 0 Å². The van der Waals surface area contributed by atoms with Crippen molar-refractivity contribution in [2.75, 3.05) is 0 Å². The average molecular weight is 624 g/mol. The topological polar surface area (TPSA) is 40.5 Å². The fraction of sp³-hybridized carbons (Fsp3) is 0.231. The van der Waals surface area contributed by atoms with Crippen molar-refractivity contribution in [3.8, 4) is 11.5 Å². The summed E-state index contributed by atoms with van der Waals surface area (Å²) < 4.78 is 1.80. The predicted molar refractivity (Wildman–Crippen MR) is 133 cm³/mol. The van der Waals surface area contributed by atoms with E-state index < -0.39 is 0 Å². The van der Waals surface area contributed by atoms with Crippen LogP contribution in [-0.4, -0.2) is 10.2 Å². The molecule has 0 amide bonds. The minimum Gasteiger partial charge on any atom is -0.508 e. The summed E-state index contributed by atoms with van der Waals surface area (Å²) in [5, 5.41) is 17.6. The van der Waals surface area contributed by atoms with E-state index in [1.807, 2.05) is 12.1 Å². The second-order valence-corrected chi connectivity index (χ2v) is 8.71. The molecule has 31 heavy (non-hydrogen) atoms. The Balaban J connectivity index is 0.000000384. The van der Waals surface area contributed by atoms with Crippen LogP contribution in [0.3, 0.4) is 0 Å². The maximum absolute atomic E-state index is 8.78. The molecule has 0 fully saturated rings. The first-order chi connectivity index (χ1) is 14.2. The van der Waals surface area contributed by atoms with Gasteiger partial charge in [0.05, 0.1) is 0 Å². The van der Waals surface area contributed by atoms with Crippen molar-refractivity contribution >= 4 is 31.9 Å². The van der Waals surface area contributed by atoms with E-state index in [-0.39, 0.29) is 26.2 Å². The summed E-state index contributed by atoms with van der Waals surface area (Å²) >= 11 is 6.40. The SMILES string of the molecule is CC1=C(C)CC=[C-]1.CC1=C(C)CC=[C-]1.Oc1cccc(Br)c1.Oc1cccc(Br)c1.[Zr+2]. The van der Waals surface area contributed by atoms with Crippen LogP contribution in [-0.2, 0) is 26.2 Å². The molecule has 0 aromatic heterocycles. The molecule has 2 aromatic carbocycles. The van der Waals surface area contributed by atoms with E-state index in [1.165, 1.54) is 22.3 Å². The Morgan fingerprint density at radius 1 is 0.677 bits per heavy atom. The minimum absolute atomic E-state index is 0. The quantitative estimate of drug-likeness (QED) is 0.289. The largest absolute Gasteiger partial charge is 2.00 e. The van der Waals surface area contributed by atoms with Gasteiger partial charge in [-0.15, -0.1) is 13.8 Å². The van der Waals surface area contributed by atoms with Crippen molar-refractivity contribution in [1.82, 2.24) is 0 Å². The number of allylic oxidation sites excluding steroid dienone is 8. The third-order valence-electron chi connectivity index (χ3n) is 4.35. The van der Waals surface area contributed by atoms with Gasteiger partial charge in [0.2, 0.25) is 0 Å². The van der Waals surface area contributed by atoms with Gasteiger partial charge >= 0.3 is 26.2 Å². The van der Waals surface area contributed by atoms with E-state index in [2.05, 4.69) is 83.9 Å². The van der Waals surface area contributed by atoms with Crippen LogP contribution in [0.25, 0.3) is 0 Å². The van der Waals surface area contributed by atoms with Crippen molar-refractivity contribution in [2.24, 2.45) is 0 Å². The summed E-state index contributed by atoms with van der Waals surface area (Å²) in [6, 6.07) is 13.8. The monoisotopic (exact) mass is 620 g/mol. The zero-order valence-electron chi connectivity index (χ0n) is 18.3. The van der Waals surface area contributed by atoms with Crippen LogP contribution in [0.15, 0.2) is 91.9 Å². The summed E-state index contributed by atoms with van der Waals surface area (Å²) in [4.78, 5) is 0. The number of aromatic hydroxyl groups is 2. The molecular formula is C26H28Br2O2Zr. The number of rotatable bonds is 0. The van der Waals surface area contributed by atoms with Crippen LogP contribution >= 0.6 is 31.9 Å². The van der Waals surface area contributed by atoms with Crippen molar-refractivity contribution in [3.63, 3.8) is 0 Å². The molecule has 0 saturated carbocycles. The second kappa shape index (κ2) is 16.5. The standard InChI is InChI=1S/2C7H9.2C6H5BrO.Zr/c2*1-6-4-3-5-7(6)2;2*7-5-2-1-3-6(8)4-5;/h2*3H,4H2,1-2H3;2*1-4,8H;/q2*-1;;;+2. The van der Waals surface area contributed by atoms with E-state index in [9.17, 15) is 0 Å². The Labute approximate surface area is 222 Å². The van der Waals surface area contributed by atoms with Gasteiger partial charge in [-0.05, 0) is 36.4 Å². The second-order valence-electron chi connectivity index (χ2n) is 6.88. The smallest absolute Gasteiger partial charge is 0.508 e. The molecule has 4 rings (SSSR count). The molecule has 2 aromatic rings. The zero-order chi connectivity index (χ0) is 22.5. The number of benzene rings is 2. The molecule has 0 spiro atoms. The maximum atomic E-state index is 8.78. The molecule has 0 unspecified atom stereocenters. The summed E-state index contributed by atoms with van der Waals surface area (Å²) in [5.74, 6) is 0.582. The first-order valence-electron chi connectivity index (χ1n) is 9.57. The van der Waals surface area contributed by atoms with Gasteiger partial charge in [0.15, 0.2) is 0 Å². The molecule has 0 atom stereocenters. The van der Waals surface area contributed by atoms with E-state index in [0.29, 0.717) is 11.5 Å². The molecular weight excluding hydrogens is 595 g/mol. The van der Waals surface area contributed by atoms with Crippen LogP contribution in [0, 0.1) is 12.2 Å². The number of phenolic OH excluding ortho intramolecular Hbond substituents is 2. The number of phenols is 2. The summed E-state index contributed by atoms with van der Waals surface area (Å²) in [7, 11) is 0. The number of halogens is 2. The van der Waals surface area contributed by atoms with Crippen LogP contribution < -0.4 is 0 Å². The zero-order valence-corrected chi connectivity index (χ0v) is 24.0. The van der Waals surface area contributed by atoms with Crippen molar-refractivity contribution in [1.29, 1.82) is 0 Å². The third kappa shape index (κ3) is 13.8. The van der Waals surface area contributed by atoms with E-state index >= 15 is 0 Å². The first-order valence-corrected chi connectivity index (χ1v) is 11.2. The van der Waals surface area contributed by atoms with E-state index in [1.54, 1.807) is 36.4 Å². The first kappa shape index (κ1) is 29.8. The van der Waals surface area contributed by atoms with Crippen molar-refractivity contribution in [3.05, 3.63) is 104 Å². The van der Waals surface area contributed by atoms with Crippen LogP contribution in [0.1, 0.15) is 40.5 Å². The molecule has 2 N–H and O–H groups in total. The van der Waals surface area contributed by atoms with Gasteiger partial charge in [-0.25, -0.2) is 22.3 Å². The van der Waals surface area contributed by atoms with Crippen molar-refractivity contribution < 1.29 is 36.4 Å². The average Bonchev–Trinajstić information content (AvgIpc) is 3.23. The van der Waals surface area contributed by atoms with E-state index in [4.69, 9.17) is 10.2 Å². The van der Waals surface area contributed by atoms with Crippen LogP contribution in [0.2, 0.25) is 0 Å². The Hall–Kier alpha value is -1.16. The molecule has 5 heteroatoms. The molecule has 2 aliphatic carbocycles.